The molecule has 1 unspecified atom stereocenters. The van der Waals surface area contributed by atoms with Crippen molar-refractivity contribution in [2.45, 2.75) is 463 Å². The van der Waals surface area contributed by atoms with E-state index in [4.69, 9.17) is 32.9 Å². The number of esters is 1. The maximum atomic E-state index is 14.8. The van der Waals surface area contributed by atoms with Crippen molar-refractivity contribution >= 4 is 31.6 Å². The fraction of sp³-hybridized carbons (Fsp3) is 0.951. The number of nitrogens with one attached hydrogen (secondary N) is 2. The quantitative estimate of drug-likeness (QED) is 0.0188. The van der Waals surface area contributed by atoms with Crippen molar-refractivity contribution in [3.05, 3.63) is 0 Å². The third-order valence-electron chi connectivity index (χ3n) is 19.9. The third-order valence-corrected chi connectivity index (χ3v) is 20.4. The Hall–Kier alpha value is -2.25. The van der Waals surface area contributed by atoms with Crippen molar-refractivity contribution in [3.63, 3.8) is 0 Å². The number of carbonyl (C=O) groups excluding carboxylic acids is 3. The van der Waals surface area contributed by atoms with E-state index in [9.17, 15) is 43.7 Å². The molecule has 18 nitrogen and oxygen atoms in total. The van der Waals surface area contributed by atoms with Crippen LogP contribution in [0.25, 0.3) is 0 Å². The summed E-state index contributed by atoms with van der Waals surface area (Å²) in [5.74, 6) is -3.33. The van der Waals surface area contributed by atoms with Crippen LogP contribution in [0.3, 0.4) is 0 Å². The molecule has 0 aliphatic carbocycles. The maximum absolute atomic E-state index is 14.8. The number of phosphoric acid groups is 1. The van der Waals surface area contributed by atoms with Gasteiger partial charge in [0.15, 0.2) is 18.4 Å². The lowest BCUT2D eigenvalue weighted by Crippen LogP contribution is -2.66. The maximum Gasteiger partial charge on any atom is 0.470 e. The fourth-order valence-corrected chi connectivity index (χ4v) is 14.2. The van der Waals surface area contributed by atoms with E-state index in [-0.39, 0.29) is 19.3 Å². The highest BCUT2D eigenvalue weighted by molar-refractivity contribution is 7.46. The highest BCUT2D eigenvalue weighted by Crippen LogP contribution is 2.42. The van der Waals surface area contributed by atoms with E-state index in [2.05, 4.69) is 52.2 Å². The zero-order chi connectivity index (χ0) is 73.2. The number of carbonyl (C=O) groups is 4. The number of ether oxygens (including phenoxy) is 6. The number of aliphatic hydroxyl groups is 1. The predicted octanol–water partition coefficient (Wildman–Crippen LogP) is 20.7. The molecule has 19 heteroatoms. The normalized spacial score (nSPS) is 17.7. The lowest BCUT2D eigenvalue weighted by atomic mass is 9.95. The first-order chi connectivity index (χ1) is 48.7. The lowest BCUT2D eigenvalue weighted by molar-refractivity contribution is -0.272. The number of unbranched alkanes of at least 4 members (excludes halogenated alkanes) is 45. The Morgan fingerprint density at radius 1 is 0.410 bits per heavy atom. The summed E-state index contributed by atoms with van der Waals surface area (Å²) < 4.78 is 56.7. The third kappa shape index (κ3) is 56.1. The second kappa shape index (κ2) is 68.6. The Kier molecular flexibility index (Phi) is 65.6. The van der Waals surface area contributed by atoms with Crippen LogP contribution in [0.1, 0.15) is 408 Å². The summed E-state index contributed by atoms with van der Waals surface area (Å²) in [5, 5.41) is 27.3. The first-order valence-corrected chi connectivity index (χ1v) is 43.7. The Bertz CT molecular complexity index is 1850. The van der Waals surface area contributed by atoms with Crippen molar-refractivity contribution in [1.82, 2.24) is 10.6 Å². The van der Waals surface area contributed by atoms with Gasteiger partial charge in [-0.05, 0) is 38.5 Å². The molecule has 2 amide bonds. The van der Waals surface area contributed by atoms with Crippen LogP contribution in [0.5, 0.6) is 0 Å². The van der Waals surface area contributed by atoms with Crippen molar-refractivity contribution < 1.29 is 76.7 Å². The minimum Gasteiger partial charge on any atom is -0.480 e. The van der Waals surface area contributed by atoms with Gasteiger partial charge >= 0.3 is 19.8 Å². The van der Waals surface area contributed by atoms with E-state index >= 15 is 0 Å². The van der Waals surface area contributed by atoms with E-state index in [0.717, 1.165) is 148 Å². The molecule has 1 aliphatic heterocycles. The van der Waals surface area contributed by atoms with Crippen LogP contribution in [-0.2, 0) is 56.7 Å². The van der Waals surface area contributed by atoms with Gasteiger partial charge in [-0.1, -0.05) is 350 Å². The van der Waals surface area contributed by atoms with Crippen LogP contribution in [0.15, 0.2) is 0 Å². The largest absolute Gasteiger partial charge is 0.480 e. The summed E-state index contributed by atoms with van der Waals surface area (Å²) in [6.07, 6.45) is 50.2. The second-order valence-electron chi connectivity index (χ2n) is 29.5. The number of amides is 2. The number of rotatable bonds is 76. The van der Waals surface area contributed by atoms with Gasteiger partial charge in [0.25, 0.3) is 0 Å². The Balaban J connectivity index is 3.73. The standard InChI is InChI=1S/C81H157N2O16P/c1-7-13-19-25-31-37-40-46-52-58-69(93-61-55-49-43-34-28-22-16-10-4)64-74(85)82-72(80(88)89)68-96-81-77(83-75(86)65-70(59-53-47-41-38-32-26-20-14-8-2)94-62-56-50-44-35-29-23-17-11-5)79(78(73(67-84)97-81)99-100(90,91)92)98-76(87)66-71(60-54-48-42-39-33-27-21-15-9-3)95-63-57-51-45-36-30-24-18-12-6/h69-73,77-79,81,84H,7-68H2,1-6H3,(H,82,85)(H,83,86)(H,88,89)(H2,90,91,92)/t69?,70-,71+,72+,73+,77+,78+,79+,81+/m0/s1. The second-order valence-corrected chi connectivity index (χ2v) is 30.7. The lowest BCUT2D eigenvalue weighted by Gasteiger charge is -2.45. The molecule has 1 rings (SSSR count). The smallest absolute Gasteiger partial charge is 0.470 e. The first-order valence-electron chi connectivity index (χ1n) is 42.1. The van der Waals surface area contributed by atoms with E-state index in [1.54, 1.807) is 0 Å². The molecule has 0 radical (unpaired) electrons. The summed E-state index contributed by atoms with van der Waals surface area (Å²) >= 11 is 0. The monoisotopic (exact) mass is 1450 g/mol. The molecule has 1 saturated heterocycles. The van der Waals surface area contributed by atoms with Gasteiger partial charge in [0.05, 0.1) is 50.8 Å². The Morgan fingerprint density at radius 2 is 0.710 bits per heavy atom. The summed E-state index contributed by atoms with van der Waals surface area (Å²) in [6, 6.07) is -3.22. The highest BCUT2D eigenvalue weighted by Gasteiger charge is 2.52. The summed E-state index contributed by atoms with van der Waals surface area (Å²) in [5.41, 5.74) is 0. The average molecular weight is 1450 g/mol. The van der Waals surface area contributed by atoms with Gasteiger partial charge in [0, 0.05) is 19.8 Å². The zero-order valence-corrected chi connectivity index (χ0v) is 66.1. The van der Waals surface area contributed by atoms with Crippen molar-refractivity contribution in [1.29, 1.82) is 0 Å². The molecule has 1 fully saturated rings. The molecule has 0 bridgehead atoms. The summed E-state index contributed by atoms with van der Waals surface area (Å²) in [7, 11) is -5.44. The molecule has 0 saturated carbocycles. The molecule has 0 aromatic rings. The van der Waals surface area contributed by atoms with Crippen LogP contribution in [0.2, 0.25) is 0 Å². The Morgan fingerprint density at radius 3 is 1.02 bits per heavy atom. The predicted molar refractivity (Wildman–Crippen MR) is 406 cm³/mol. The van der Waals surface area contributed by atoms with Gasteiger partial charge in [-0.3, -0.25) is 18.9 Å². The SMILES string of the molecule is CCCCCCCCCCCC(CC(=O)N[C@H](CO[C@@H]1O[C@H](CO)[C@@H](OP(=O)(O)O)[C@H](OC(=O)C[C@@H](CCCCCCCCCCC)OCCCCCCCCCC)[C@H]1NC(=O)C[C@H](CCCCCCCCCCC)OCCCCCCCCCC)C(=O)O)OCCCCCCCCCC. The van der Waals surface area contributed by atoms with E-state index in [0.29, 0.717) is 39.1 Å². The molecular formula is C81H157N2O16P. The van der Waals surface area contributed by atoms with Gasteiger partial charge in [0.2, 0.25) is 11.8 Å². The minimum atomic E-state index is -5.44. The van der Waals surface area contributed by atoms with E-state index in [1.807, 2.05) is 0 Å². The molecular weight excluding hydrogens is 1290 g/mol. The van der Waals surface area contributed by atoms with Gasteiger partial charge in [-0.25, -0.2) is 9.36 Å². The Labute approximate surface area is 611 Å². The van der Waals surface area contributed by atoms with Gasteiger partial charge in [-0.15, -0.1) is 0 Å². The van der Waals surface area contributed by atoms with Crippen LogP contribution >= 0.6 is 7.82 Å². The molecule has 100 heavy (non-hydrogen) atoms. The molecule has 0 aromatic carbocycles. The number of carboxylic acid groups (broad SMARTS) is 1. The number of hydrogen-bond acceptors (Lipinski definition) is 13. The molecule has 592 valence electrons. The van der Waals surface area contributed by atoms with Crippen molar-refractivity contribution in [2.24, 2.45) is 0 Å². The molecule has 6 N–H and O–H groups in total. The number of carboxylic acids is 1. The molecule has 1 heterocycles. The molecule has 9 atom stereocenters. The van der Waals surface area contributed by atoms with Gasteiger partial charge in [-0.2, -0.15) is 0 Å². The number of phosphoric ester groups is 1. The molecule has 1 aliphatic rings. The molecule has 0 spiro atoms. The summed E-state index contributed by atoms with van der Waals surface area (Å²) in [4.78, 5) is 77.7. The van der Waals surface area contributed by atoms with Gasteiger partial charge < -0.3 is 59.1 Å². The zero-order valence-electron chi connectivity index (χ0n) is 65.2. The summed E-state index contributed by atoms with van der Waals surface area (Å²) in [6.45, 7) is 13.0. The molecule has 0 aromatic heterocycles. The minimum absolute atomic E-state index is 0.0767. The number of hydrogen-bond donors (Lipinski definition) is 6. The van der Waals surface area contributed by atoms with E-state index < -0.39 is 99.8 Å². The number of aliphatic carboxylic acids is 1. The van der Waals surface area contributed by atoms with Crippen LogP contribution in [-0.4, -0.2) is 132 Å². The highest BCUT2D eigenvalue weighted by atomic mass is 31.2. The van der Waals surface area contributed by atoms with Gasteiger partial charge in [0.1, 0.15) is 18.2 Å². The fourth-order valence-electron chi connectivity index (χ4n) is 13.7. The number of aliphatic hydroxyl groups excluding tert-OH is 1. The van der Waals surface area contributed by atoms with E-state index in [1.165, 1.54) is 180 Å². The average Bonchev–Trinajstić information content (AvgIpc) is 0.781. The first kappa shape index (κ1) is 95.8. The van der Waals surface area contributed by atoms with Crippen molar-refractivity contribution in [3.8, 4) is 0 Å². The topological polar surface area (TPSA) is 255 Å². The van der Waals surface area contributed by atoms with Crippen molar-refractivity contribution in [2.75, 3.05) is 33.0 Å². The van der Waals surface area contributed by atoms with Crippen LogP contribution in [0.4, 0.5) is 0 Å². The van der Waals surface area contributed by atoms with Crippen LogP contribution in [0, 0.1) is 0 Å². The van der Waals surface area contributed by atoms with Crippen LogP contribution < -0.4 is 10.6 Å².